The summed E-state index contributed by atoms with van der Waals surface area (Å²) in [4.78, 5) is 11.2. The van der Waals surface area contributed by atoms with Crippen molar-refractivity contribution in [3.63, 3.8) is 0 Å². The molecule has 0 N–H and O–H groups in total. The molecule has 16 heavy (non-hydrogen) atoms. The third-order valence-corrected chi connectivity index (χ3v) is 2.95. The molecule has 0 atom stereocenters. The van der Waals surface area contributed by atoms with Gasteiger partial charge in [-0.05, 0) is 31.1 Å². The molecule has 0 heterocycles. The van der Waals surface area contributed by atoms with Crippen LogP contribution in [0.4, 0.5) is 0 Å². The first kappa shape index (κ1) is 10.9. The first-order valence-electron chi connectivity index (χ1n) is 5.56. The molecule has 0 unspecified atom stereocenters. The number of hydrogen-bond acceptors (Lipinski definition) is 2. The molecule has 2 heteroatoms. The Balaban J connectivity index is 2.39. The van der Waals surface area contributed by atoms with Crippen LogP contribution in [0.3, 0.4) is 0 Å². The maximum Gasteiger partial charge on any atom is 0.137 e. The molecule has 0 saturated carbocycles. The van der Waals surface area contributed by atoms with Gasteiger partial charge < -0.3 is 4.74 Å². The van der Waals surface area contributed by atoms with E-state index in [0.29, 0.717) is 18.6 Å². The molecule has 1 aliphatic rings. The number of hydrogen-bond donors (Lipinski definition) is 0. The Bertz CT molecular complexity index is 444. The standard InChI is InChI=1S/C14H16O2/c1-10-3-8-14(16-2)13(9-10)11-4-6-12(15)7-5-11/h3-4,8-9H,5-7H2,1-2H3. The highest BCUT2D eigenvalue weighted by Crippen LogP contribution is 2.32. The second-order valence-corrected chi connectivity index (χ2v) is 4.18. The van der Waals surface area contributed by atoms with Crippen LogP contribution in [0.1, 0.15) is 30.4 Å². The fraction of sp³-hybridized carbons (Fsp3) is 0.357. The number of ether oxygens (including phenoxy) is 1. The Labute approximate surface area is 95.9 Å². The van der Waals surface area contributed by atoms with E-state index < -0.39 is 0 Å². The number of rotatable bonds is 2. The summed E-state index contributed by atoms with van der Waals surface area (Å²) in [6, 6.07) is 6.15. The summed E-state index contributed by atoms with van der Waals surface area (Å²) >= 11 is 0. The lowest BCUT2D eigenvalue weighted by Gasteiger charge is -2.16. The van der Waals surface area contributed by atoms with E-state index in [0.717, 1.165) is 17.7 Å². The van der Waals surface area contributed by atoms with Gasteiger partial charge in [-0.1, -0.05) is 17.7 Å². The molecule has 2 nitrogen and oxygen atoms in total. The van der Waals surface area contributed by atoms with Crippen LogP contribution in [-0.2, 0) is 4.79 Å². The molecule has 0 fully saturated rings. The van der Waals surface area contributed by atoms with Gasteiger partial charge in [0.05, 0.1) is 7.11 Å². The number of carbonyl (C=O) groups excluding carboxylic acids is 1. The lowest BCUT2D eigenvalue weighted by atomic mass is 9.91. The quantitative estimate of drug-likeness (QED) is 0.759. The van der Waals surface area contributed by atoms with Gasteiger partial charge in [-0.3, -0.25) is 4.79 Å². The van der Waals surface area contributed by atoms with Crippen LogP contribution in [-0.4, -0.2) is 12.9 Å². The van der Waals surface area contributed by atoms with E-state index in [2.05, 4.69) is 13.0 Å². The van der Waals surface area contributed by atoms with E-state index in [1.807, 2.05) is 18.2 Å². The van der Waals surface area contributed by atoms with Crippen molar-refractivity contribution >= 4 is 11.4 Å². The number of methoxy groups -OCH3 is 1. The molecule has 0 aliphatic heterocycles. The summed E-state index contributed by atoms with van der Waals surface area (Å²) in [5, 5.41) is 0. The van der Waals surface area contributed by atoms with E-state index in [1.54, 1.807) is 7.11 Å². The molecule has 0 saturated heterocycles. The molecule has 2 rings (SSSR count). The summed E-state index contributed by atoms with van der Waals surface area (Å²) in [6.07, 6.45) is 4.08. The van der Waals surface area contributed by atoms with Crippen molar-refractivity contribution in [1.82, 2.24) is 0 Å². The van der Waals surface area contributed by atoms with Gasteiger partial charge in [-0.2, -0.15) is 0 Å². The molecule has 0 aromatic heterocycles. The molecule has 0 amide bonds. The highest BCUT2D eigenvalue weighted by molar-refractivity contribution is 5.87. The van der Waals surface area contributed by atoms with Crippen LogP contribution in [0.15, 0.2) is 24.3 Å². The van der Waals surface area contributed by atoms with Gasteiger partial charge in [-0.15, -0.1) is 0 Å². The van der Waals surface area contributed by atoms with Crippen LogP contribution < -0.4 is 4.74 Å². The van der Waals surface area contributed by atoms with Gasteiger partial charge in [0.15, 0.2) is 0 Å². The monoisotopic (exact) mass is 216 g/mol. The van der Waals surface area contributed by atoms with Gasteiger partial charge >= 0.3 is 0 Å². The zero-order chi connectivity index (χ0) is 11.5. The normalized spacial score (nSPS) is 15.9. The largest absolute Gasteiger partial charge is 0.496 e. The third-order valence-electron chi connectivity index (χ3n) is 2.95. The van der Waals surface area contributed by atoms with Crippen molar-refractivity contribution in [2.75, 3.05) is 7.11 Å². The minimum atomic E-state index is 0.329. The van der Waals surface area contributed by atoms with Crippen molar-refractivity contribution in [2.45, 2.75) is 26.2 Å². The van der Waals surface area contributed by atoms with Crippen LogP contribution in [0.2, 0.25) is 0 Å². The van der Waals surface area contributed by atoms with Gasteiger partial charge in [0.25, 0.3) is 0 Å². The van der Waals surface area contributed by atoms with Crippen molar-refractivity contribution < 1.29 is 9.53 Å². The predicted molar refractivity (Wildman–Crippen MR) is 64.6 cm³/mol. The number of benzene rings is 1. The molecule has 1 aromatic rings. The Morgan fingerprint density at radius 3 is 2.69 bits per heavy atom. The van der Waals surface area contributed by atoms with Crippen LogP contribution in [0.5, 0.6) is 5.75 Å². The average Bonchev–Trinajstić information content (AvgIpc) is 2.30. The minimum Gasteiger partial charge on any atom is -0.496 e. The molecule has 1 aliphatic carbocycles. The lowest BCUT2D eigenvalue weighted by molar-refractivity contribution is -0.118. The lowest BCUT2D eigenvalue weighted by Crippen LogP contribution is -2.04. The summed E-state index contributed by atoms with van der Waals surface area (Å²) in [5.74, 6) is 1.22. The summed E-state index contributed by atoms with van der Waals surface area (Å²) < 4.78 is 5.35. The predicted octanol–water partition coefficient (Wildman–Crippen LogP) is 3.14. The maximum absolute atomic E-state index is 11.2. The highest BCUT2D eigenvalue weighted by Gasteiger charge is 2.14. The number of carbonyl (C=O) groups is 1. The maximum atomic E-state index is 11.2. The van der Waals surface area contributed by atoms with Crippen molar-refractivity contribution in [3.8, 4) is 5.75 Å². The van der Waals surface area contributed by atoms with Crippen molar-refractivity contribution in [2.24, 2.45) is 0 Å². The Morgan fingerprint density at radius 2 is 2.06 bits per heavy atom. The second kappa shape index (κ2) is 4.52. The Hall–Kier alpha value is -1.57. The van der Waals surface area contributed by atoms with E-state index in [-0.39, 0.29) is 0 Å². The van der Waals surface area contributed by atoms with Crippen molar-refractivity contribution in [3.05, 3.63) is 35.4 Å². The highest BCUT2D eigenvalue weighted by atomic mass is 16.5. The van der Waals surface area contributed by atoms with E-state index in [9.17, 15) is 4.79 Å². The molecule has 0 radical (unpaired) electrons. The second-order valence-electron chi connectivity index (χ2n) is 4.18. The van der Waals surface area contributed by atoms with Crippen LogP contribution >= 0.6 is 0 Å². The fourth-order valence-electron chi connectivity index (χ4n) is 2.03. The molecule has 84 valence electrons. The molecule has 1 aromatic carbocycles. The molecule has 0 bridgehead atoms. The first-order valence-corrected chi connectivity index (χ1v) is 5.56. The van der Waals surface area contributed by atoms with E-state index >= 15 is 0 Å². The van der Waals surface area contributed by atoms with Crippen LogP contribution in [0.25, 0.3) is 5.57 Å². The van der Waals surface area contributed by atoms with E-state index in [1.165, 1.54) is 11.1 Å². The van der Waals surface area contributed by atoms with Gasteiger partial charge in [-0.25, -0.2) is 0 Å². The number of ketones is 1. The summed E-state index contributed by atoms with van der Waals surface area (Å²) in [5.41, 5.74) is 3.59. The van der Waals surface area contributed by atoms with E-state index in [4.69, 9.17) is 4.74 Å². The number of Topliss-reactive ketones (excluding diaryl/α,β-unsaturated/α-hetero) is 1. The van der Waals surface area contributed by atoms with Crippen LogP contribution in [0, 0.1) is 6.92 Å². The number of aryl methyl sites for hydroxylation is 1. The molecular weight excluding hydrogens is 200 g/mol. The van der Waals surface area contributed by atoms with Crippen molar-refractivity contribution in [1.29, 1.82) is 0 Å². The Kier molecular flexibility index (Phi) is 3.09. The van der Waals surface area contributed by atoms with Gasteiger partial charge in [0, 0.05) is 18.4 Å². The van der Waals surface area contributed by atoms with Gasteiger partial charge in [0.1, 0.15) is 11.5 Å². The third kappa shape index (κ3) is 2.16. The Morgan fingerprint density at radius 1 is 1.25 bits per heavy atom. The zero-order valence-corrected chi connectivity index (χ0v) is 9.75. The smallest absolute Gasteiger partial charge is 0.137 e. The minimum absolute atomic E-state index is 0.329. The molecule has 0 spiro atoms. The first-order chi connectivity index (χ1) is 7.70. The fourth-order valence-corrected chi connectivity index (χ4v) is 2.03. The number of allylic oxidation sites excluding steroid dienone is 2. The SMILES string of the molecule is COc1ccc(C)cc1C1=CCC(=O)CC1. The summed E-state index contributed by atoms with van der Waals surface area (Å²) in [6.45, 7) is 2.07. The topological polar surface area (TPSA) is 26.3 Å². The molecular formula is C14H16O2. The summed E-state index contributed by atoms with van der Waals surface area (Å²) in [7, 11) is 1.68. The average molecular weight is 216 g/mol. The zero-order valence-electron chi connectivity index (χ0n) is 9.75. The van der Waals surface area contributed by atoms with Gasteiger partial charge in [0.2, 0.25) is 0 Å².